The minimum atomic E-state index is -0.139. The van der Waals surface area contributed by atoms with E-state index in [1.54, 1.807) is 23.1 Å². The van der Waals surface area contributed by atoms with Crippen molar-refractivity contribution in [3.05, 3.63) is 35.2 Å². The Morgan fingerprint density at radius 1 is 1.25 bits per heavy atom. The SMILES string of the molecule is CC(=N)N=C([OH2+])c1cc(Cl)c2nc(-n3cccn3)nc(N3CCOCC3)c2n1. The van der Waals surface area contributed by atoms with Crippen molar-refractivity contribution in [3.8, 4) is 5.95 Å². The Kier molecular flexibility index (Phi) is 4.88. The summed E-state index contributed by atoms with van der Waals surface area (Å²) in [5, 5.41) is 20.1. The Morgan fingerprint density at radius 3 is 2.71 bits per heavy atom. The molecule has 0 aliphatic carbocycles. The average Bonchev–Trinajstić information content (AvgIpc) is 3.22. The summed E-state index contributed by atoms with van der Waals surface area (Å²) in [6.07, 6.45) is 3.40. The van der Waals surface area contributed by atoms with Gasteiger partial charge in [0.1, 0.15) is 16.9 Å². The molecule has 1 aliphatic heterocycles. The topological polar surface area (TPSA) is 128 Å². The predicted octanol–water partition coefficient (Wildman–Crippen LogP) is 1.17. The van der Waals surface area contributed by atoms with Crippen LogP contribution in [0, 0.1) is 5.41 Å². The number of anilines is 1. The maximum atomic E-state index is 8.09. The number of hydrogen-bond donors (Lipinski definition) is 1. The van der Waals surface area contributed by atoms with Crippen LogP contribution in [0.15, 0.2) is 29.5 Å². The van der Waals surface area contributed by atoms with E-state index in [9.17, 15) is 0 Å². The van der Waals surface area contributed by atoms with Gasteiger partial charge < -0.3 is 14.7 Å². The number of aliphatic imine (C=N–C) groups is 1. The van der Waals surface area contributed by atoms with Crippen molar-refractivity contribution in [2.24, 2.45) is 4.99 Å². The van der Waals surface area contributed by atoms with Crippen LogP contribution >= 0.6 is 11.6 Å². The highest BCUT2D eigenvalue weighted by atomic mass is 35.5. The first-order valence-electron chi connectivity index (χ1n) is 8.60. The van der Waals surface area contributed by atoms with E-state index in [1.807, 2.05) is 0 Å². The molecular weight excluding hydrogens is 384 g/mol. The Balaban J connectivity index is 1.95. The minimum Gasteiger partial charge on any atom is -0.577 e. The van der Waals surface area contributed by atoms with Crippen LogP contribution < -0.4 is 4.90 Å². The van der Waals surface area contributed by atoms with Crippen molar-refractivity contribution in [1.29, 1.82) is 5.41 Å². The largest absolute Gasteiger partial charge is 0.577 e. The van der Waals surface area contributed by atoms with Gasteiger partial charge in [0.25, 0.3) is 5.95 Å². The summed E-state index contributed by atoms with van der Waals surface area (Å²) in [7, 11) is 0. The molecule has 1 fully saturated rings. The fourth-order valence-corrected chi connectivity index (χ4v) is 3.11. The zero-order valence-electron chi connectivity index (χ0n) is 15.1. The van der Waals surface area contributed by atoms with E-state index in [4.69, 9.17) is 26.9 Å². The highest BCUT2D eigenvalue weighted by Crippen LogP contribution is 2.29. The fourth-order valence-electron chi connectivity index (χ4n) is 2.87. The molecule has 4 rings (SSSR count). The summed E-state index contributed by atoms with van der Waals surface area (Å²) in [6.45, 7) is 3.95. The number of ether oxygens (including phenoxy) is 1. The van der Waals surface area contributed by atoms with Gasteiger partial charge in [0.15, 0.2) is 11.5 Å². The second kappa shape index (κ2) is 7.49. The van der Waals surface area contributed by atoms with E-state index < -0.39 is 0 Å². The number of nitrogens with one attached hydrogen (secondary N) is 1. The third-order valence-corrected chi connectivity index (χ3v) is 4.41. The van der Waals surface area contributed by atoms with E-state index >= 15 is 0 Å². The molecule has 11 heteroatoms. The molecule has 0 saturated carbocycles. The van der Waals surface area contributed by atoms with Gasteiger partial charge in [-0.2, -0.15) is 10.1 Å². The highest BCUT2D eigenvalue weighted by molar-refractivity contribution is 6.35. The van der Waals surface area contributed by atoms with E-state index in [2.05, 4.69) is 29.9 Å². The average molecular weight is 402 g/mol. The lowest BCUT2D eigenvalue weighted by molar-refractivity contribution is 0.122. The van der Waals surface area contributed by atoms with Crippen molar-refractivity contribution >= 4 is 40.2 Å². The number of amidine groups is 1. The lowest BCUT2D eigenvalue weighted by Crippen LogP contribution is -2.37. The molecule has 3 aromatic heterocycles. The Morgan fingerprint density at radius 2 is 2.04 bits per heavy atom. The summed E-state index contributed by atoms with van der Waals surface area (Å²) < 4.78 is 7.00. The summed E-state index contributed by atoms with van der Waals surface area (Å²) in [5.41, 5.74) is 1.20. The van der Waals surface area contributed by atoms with Gasteiger partial charge in [0, 0.05) is 25.5 Å². The molecule has 0 spiro atoms. The Hall–Kier alpha value is -3.11. The first kappa shape index (κ1) is 18.3. The summed E-state index contributed by atoms with van der Waals surface area (Å²) in [6, 6.07) is 3.31. The van der Waals surface area contributed by atoms with Gasteiger partial charge in [0.05, 0.1) is 18.2 Å². The molecule has 144 valence electrons. The summed E-state index contributed by atoms with van der Waals surface area (Å²) in [5.74, 6) is 0.856. The third-order valence-electron chi connectivity index (χ3n) is 4.12. The summed E-state index contributed by atoms with van der Waals surface area (Å²) >= 11 is 6.49. The normalized spacial score (nSPS) is 15.2. The molecule has 3 N–H and O–H groups in total. The van der Waals surface area contributed by atoms with Gasteiger partial charge in [-0.1, -0.05) is 11.6 Å². The van der Waals surface area contributed by atoms with Crippen LogP contribution in [0.5, 0.6) is 0 Å². The zero-order chi connectivity index (χ0) is 19.7. The lowest BCUT2D eigenvalue weighted by Gasteiger charge is -2.28. The van der Waals surface area contributed by atoms with Gasteiger partial charge in [-0.25, -0.2) is 14.6 Å². The molecule has 10 nitrogen and oxygen atoms in total. The molecule has 1 saturated heterocycles. The summed E-state index contributed by atoms with van der Waals surface area (Å²) in [4.78, 5) is 19.6. The molecule has 1 aliphatic rings. The molecule has 4 heterocycles. The number of halogens is 1. The van der Waals surface area contributed by atoms with E-state index in [0.717, 1.165) is 0 Å². The molecule has 28 heavy (non-hydrogen) atoms. The van der Waals surface area contributed by atoms with Gasteiger partial charge in [-0.3, -0.25) is 5.41 Å². The fraction of sp³-hybridized carbons (Fsp3) is 0.294. The van der Waals surface area contributed by atoms with Crippen LogP contribution in [0.3, 0.4) is 0 Å². The molecule has 3 aromatic rings. The highest BCUT2D eigenvalue weighted by Gasteiger charge is 2.23. The van der Waals surface area contributed by atoms with Crippen LogP contribution in [-0.2, 0) is 4.74 Å². The standard InChI is InChI=1S/C17H17ClN8O2/c1-10(19)21-16(27)12-9-11(18)13-14(22-12)15(25-5-7-28-8-6-25)24-17(23-13)26-4-2-3-20-26/h2-4,9H,5-8H2,1H3,(H2,19,21,27)/p+1. The van der Waals surface area contributed by atoms with E-state index in [0.29, 0.717) is 54.1 Å². The quantitative estimate of drug-likeness (QED) is 0.398. The van der Waals surface area contributed by atoms with Gasteiger partial charge in [0.2, 0.25) is 0 Å². The van der Waals surface area contributed by atoms with Crippen LogP contribution in [0.25, 0.3) is 17.0 Å². The van der Waals surface area contributed by atoms with Crippen molar-refractivity contribution in [2.45, 2.75) is 6.92 Å². The molecule has 0 unspecified atom stereocenters. The predicted molar refractivity (Wildman–Crippen MR) is 106 cm³/mol. The molecular formula is C17H18ClN8O2+. The number of hydrogen-bond acceptors (Lipinski definition) is 7. The number of morpholine rings is 1. The van der Waals surface area contributed by atoms with E-state index in [-0.39, 0.29) is 17.4 Å². The second-order valence-corrected chi connectivity index (χ2v) is 6.54. The minimum absolute atomic E-state index is 0.0155. The maximum absolute atomic E-state index is 8.09. The first-order chi connectivity index (χ1) is 13.5. The van der Waals surface area contributed by atoms with Crippen molar-refractivity contribution in [2.75, 3.05) is 31.2 Å². The third kappa shape index (κ3) is 3.51. The lowest BCUT2D eigenvalue weighted by atomic mass is 10.2. The Bertz CT molecular complexity index is 1060. The second-order valence-electron chi connectivity index (χ2n) is 6.13. The van der Waals surface area contributed by atoms with E-state index in [1.165, 1.54) is 13.0 Å². The molecule has 0 bridgehead atoms. The number of rotatable bonds is 3. The maximum Gasteiger partial charge on any atom is 0.385 e. The van der Waals surface area contributed by atoms with Crippen LogP contribution in [0.1, 0.15) is 12.6 Å². The van der Waals surface area contributed by atoms with Crippen LogP contribution in [0.4, 0.5) is 5.82 Å². The number of pyridine rings is 1. The van der Waals surface area contributed by atoms with Crippen molar-refractivity contribution in [1.82, 2.24) is 24.7 Å². The van der Waals surface area contributed by atoms with Crippen LogP contribution in [0.2, 0.25) is 5.02 Å². The monoisotopic (exact) mass is 401 g/mol. The molecule has 0 aromatic carbocycles. The number of fused-ring (bicyclic) bond motifs is 1. The molecule has 0 amide bonds. The van der Waals surface area contributed by atoms with Crippen molar-refractivity contribution < 1.29 is 9.84 Å². The van der Waals surface area contributed by atoms with Crippen LogP contribution in [-0.4, -0.2) is 67.9 Å². The first-order valence-corrected chi connectivity index (χ1v) is 8.97. The molecule has 0 radical (unpaired) electrons. The van der Waals surface area contributed by atoms with Gasteiger partial charge >= 0.3 is 5.90 Å². The van der Waals surface area contributed by atoms with Crippen molar-refractivity contribution in [3.63, 3.8) is 0 Å². The number of nitrogens with zero attached hydrogens (tertiary/aromatic N) is 7. The molecule has 0 atom stereocenters. The Labute approximate surface area is 165 Å². The smallest absolute Gasteiger partial charge is 0.385 e. The number of aromatic nitrogens is 5. The zero-order valence-corrected chi connectivity index (χ0v) is 15.8. The van der Waals surface area contributed by atoms with Gasteiger partial charge in [-0.15, -0.1) is 4.99 Å². The van der Waals surface area contributed by atoms with Gasteiger partial charge in [-0.05, 0) is 19.1 Å².